The molecule has 0 spiro atoms. The number of nitrogens with one attached hydrogen (secondary N) is 1. The normalized spacial score (nSPS) is 23.2. The third-order valence-electron chi connectivity index (χ3n) is 3.76. The number of nitrogens with two attached hydrogens (primary N) is 1. The van der Waals surface area contributed by atoms with Gasteiger partial charge in [0.2, 0.25) is 0 Å². The Labute approximate surface area is 130 Å². The lowest BCUT2D eigenvalue weighted by atomic mass is 9.97. The molecule has 1 aromatic heterocycles. The number of thiazole rings is 1. The Kier molecular flexibility index (Phi) is 4.46. The van der Waals surface area contributed by atoms with E-state index in [-0.39, 0.29) is 23.5 Å². The van der Waals surface area contributed by atoms with E-state index in [1.54, 1.807) is 0 Å². The van der Waals surface area contributed by atoms with Crippen molar-refractivity contribution in [3.05, 3.63) is 4.88 Å². The third kappa shape index (κ3) is 3.67. The molecule has 1 aliphatic rings. The molecule has 118 valence electrons. The van der Waals surface area contributed by atoms with Crippen molar-refractivity contribution in [3.8, 4) is 0 Å². The Balaban J connectivity index is 2.23. The van der Waals surface area contributed by atoms with Gasteiger partial charge in [-0.3, -0.25) is 4.79 Å². The summed E-state index contributed by atoms with van der Waals surface area (Å²) in [5.74, 6) is 0.355. The van der Waals surface area contributed by atoms with Crippen LogP contribution in [-0.4, -0.2) is 33.4 Å². The van der Waals surface area contributed by atoms with E-state index in [0.717, 1.165) is 12.8 Å². The molecule has 2 rings (SSSR count). The number of hydrogen-bond acceptors (Lipinski definition) is 5. The molecular formula is C15H26N4OS. The van der Waals surface area contributed by atoms with Gasteiger partial charge in [0.15, 0.2) is 5.13 Å². The minimum absolute atomic E-state index is 0.0201. The molecular weight excluding hydrogens is 284 g/mol. The van der Waals surface area contributed by atoms with E-state index in [1.807, 2.05) is 4.90 Å². The van der Waals surface area contributed by atoms with Crippen molar-refractivity contribution in [2.75, 3.05) is 11.1 Å². The van der Waals surface area contributed by atoms with Crippen molar-refractivity contribution in [2.45, 2.75) is 71.5 Å². The molecule has 1 amide bonds. The van der Waals surface area contributed by atoms with Crippen LogP contribution in [-0.2, 0) is 0 Å². The van der Waals surface area contributed by atoms with Gasteiger partial charge in [-0.1, -0.05) is 11.3 Å². The van der Waals surface area contributed by atoms with E-state index in [1.165, 1.54) is 17.8 Å². The number of anilines is 2. The van der Waals surface area contributed by atoms with Gasteiger partial charge in [-0.25, -0.2) is 4.98 Å². The molecule has 1 fully saturated rings. The van der Waals surface area contributed by atoms with Gasteiger partial charge in [-0.15, -0.1) is 0 Å². The Morgan fingerprint density at radius 3 is 2.43 bits per heavy atom. The number of nitrogens with zero attached hydrogens (tertiary/aromatic N) is 2. The van der Waals surface area contributed by atoms with Gasteiger partial charge in [0.25, 0.3) is 5.91 Å². The summed E-state index contributed by atoms with van der Waals surface area (Å²) < 4.78 is 0. The monoisotopic (exact) mass is 310 g/mol. The van der Waals surface area contributed by atoms with E-state index in [4.69, 9.17) is 5.73 Å². The first-order chi connectivity index (χ1) is 9.69. The maximum Gasteiger partial charge on any atom is 0.268 e. The number of carbonyl (C=O) groups is 1. The predicted molar refractivity (Wildman–Crippen MR) is 88.8 cm³/mol. The Morgan fingerprint density at radius 2 is 1.90 bits per heavy atom. The summed E-state index contributed by atoms with van der Waals surface area (Å²) in [7, 11) is 0. The zero-order valence-electron chi connectivity index (χ0n) is 13.6. The second-order valence-corrected chi connectivity index (χ2v) is 7.95. The lowest BCUT2D eigenvalue weighted by molar-refractivity contribution is 0.0516. The van der Waals surface area contributed by atoms with Gasteiger partial charge in [0.1, 0.15) is 10.7 Å². The fourth-order valence-electron chi connectivity index (χ4n) is 2.80. The summed E-state index contributed by atoms with van der Waals surface area (Å²) in [5, 5.41) is 3.99. The van der Waals surface area contributed by atoms with Crippen LogP contribution in [0.1, 0.15) is 63.6 Å². The zero-order chi connectivity index (χ0) is 15.8. The lowest BCUT2D eigenvalue weighted by Gasteiger charge is -2.38. The van der Waals surface area contributed by atoms with Crippen molar-refractivity contribution in [1.82, 2.24) is 9.88 Å². The molecule has 0 saturated carbocycles. The topological polar surface area (TPSA) is 71.2 Å². The minimum Gasteiger partial charge on any atom is -0.382 e. The number of amides is 1. The SMILES string of the molecule is CC1CCCC(C)N1C(=O)c1sc(NC(C)(C)C)nc1N. The Hall–Kier alpha value is -1.30. The van der Waals surface area contributed by atoms with Crippen LogP contribution in [0.4, 0.5) is 10.9 Å². The third-order valence-corrected chi connectivity index (χ3v) is 4.73. The number of hydrogen-bond donors (Lipinski definition) is 2. The summed E-state index contributed by atoms with van der Waals surface area (Å²) in [5.41, 5.74) is 5.87. The molecule has 2 heterocycles. The minimum atomic E-state index is -0.101. The largest absolute Gasteiger partial charge is 0.382 e. The van der Waals surface area contributed by atoms with Crippen LogP contribution in [0.3, 0.4) is 0 Å². The number of carbonyl (C=O) groups excluding carboxylic acids is 1. The van der Waals surface area contributed by atoms with Gasteiger partial charge in [-0.2, -0.15) is 0 Å². The van der Waals surface area contributed by atoms with Gasteiger partial charge < -0.3 is 16.0 Å². The lowest BCUT2D eigenvalue weighted by Crippen LogP contribution is -2.47. The smallest absolute Gasteiger partial charge is 0.268 e. The number of aromatic nitrogens is 1. The zero-order valence-corrected chi connectivity index (χ0v) is 14.4. The average Bonchev–Trinajstić information content (AvgIpc) is 2.67. The fourth-order valence-corrected chi connectivity index (χ4v) is 3.84. The van der Waals surface area contributed by atoms with Crippen molar-refractivity contribution in [2.24, 2.45) is 0 Å². The van der Waals surface area contributed by atoms with Crippen LogP contribution in [0.2, 0.25) is 0 Å². The summed E-state index contributed by atoms with van der Waals surface area (Å²) in [6.07, 6.45) is 3.30. The maximum atomic E-state index is 12.8. The number of piperidine rings is 1. The summed E-state index contributed by atoms with van der Waals surface area (Å²) >= 11 is 1.35. The fraction of sp³-hybridized carbons (Fsp3) is 0.733. The average molecular weight is 310 g/mol. The van der Waals surface area contributed by atoms with Crippen LogP contribution in [0, 0.1) is 0 Å². The first-order valence-electron chi connectivity index (χ1n) is 7.56. The van der Waals surface area contributed by atoms with Crippen molar-refractivity contribution in [1.29, 1.82) is 0 Å². The van der Waals surface area contributed by atoms with E-state index in [9.17, 15) is 4.79 Å². The summed E-state index contributed by atoms with van der Waals surface area (Å²) in [4.78, 5) is 19.6. The molecule has 2 unspecified atom stereocenters. The first-order valence-corrected chi connectivity index (χ1v) is 8.38. The summed E-state index contributed by atoms with van der Waals surface area (Å²) in [6, 6.07) is 0.531. The molecule has 0 bridgehead atoms. The van der Waals surface area contributed by atoms with Crippen LogP contribution >= 0.6 is 11.3 Å². The maximum absolute atomic E-state index is 12.8. The number of rotatable bonds is 2. The Morgan fingerprint density at radius 1 is 1.33 bits per heavy atom. The Bertz CT molecular complexity index is 510. The van der Waals surface area contributed by atoms with E-state index in [2.05, 4.69) is 44.9 Å². The van der Waals surface area contributed by atoms with Gasteiger partial charge in [-0.05, 0) is 53.9 Å². The molecule has 5 nitrogen and oxygen atoms in total. The van der Waals surface area contributed by atoms with Gasteiger partial charge in [0, 0.05) is 17.6 Å². The predicted octanol–water partition coefficient (Wildman–Crippen LogP) is 3.34. The van der Waals surface area contributed by atoms with Crippen molar-refractivity contribution >= 4 is 28.2 Å². The van der Waals surface area contributed by atoms with Crippen LogP contribution in [0.15, 0.2) is 0 Å². The molecule has 1 aliphatic heterocycles. The number of likely N-dealkylation sites (tertiary alicyclic amines) is 1. The second kappa shape index (κ2) is 5.83. The molecule has 1 saturated heterocycles. The standard InChI is InChI=1S/C15H26N4OS/c1-9-7-6-8-10(2)19(9)13(20)11-12(16)17-14(21-11)18-15(3,4)5/h9-10H,6-8,16H2,1-5H3,(H,17,18). The highest BCUT2D eigenvalue weighted by molar-refractivity contribution is 7.18. The van der Waals surface area contributed by atoms with E-state index in [0.29, 0.717) is 15.8 Å². The quantitative estimate of drug-likeness (QED) is 0.879. The van der Waals surface area contributed by atoms with Crippen molar-refractivity contribution in [3.63, 3.8) is 0 Å². The molecule has 0 radical (unpaired) electrons. The molecule has 6 heteroatoms. The highest BCUT2D eigenvalue weighted by Crippen LogP contribution is 2.31. The molecule has 0 aromatic carbocycles. The van der Waals surface area contributed by atoms with Crippen LogP contribution in [0.5, 0.6) is 0 Å². The molecule has 2 atom stereocenters. The summed E-state index contributed by atoms with van der Waals surface area (Å²) in [6.45, 7) is 10.4. The van der Waals surface area contributed by atoms with Crippen LogP contribution in [0.25, 0.3) is 0 Å². The highest BCUT2D eigenvalue weighted by Gasteiger charge is 2.32. The van der Waals surface area contributed by atoms with Crippen molar-refractivity contribution < 1.29 is 4.79 Å². The number of nitrogen functional groups attached to an aromatic ring is 1. The van der Waals surface area contributed by atoms with E-state index >= 15 is 0 Å². The molecule has 3 N–H and O–H groups in total. The molecule has 1 aromatic rings. The van der Waals surface area contributed by atoms with Crippen LogP contribution < -0.4 is 11.1 Å². The van der Waals surface area contributed by atoms with Gasteiger partial charge >= 0.3 is 0 Å². The van der Waals surface area contributed by atoms with Gasteiger partial charge in [0.05, 0.1) is 0 Å². The van der Waals surface area contributed by atoms with E-state index < -0.39 is 0 Å². The first kappa shape index (κ1) is 16.1. The highest BCUT2D eigenvalue weighted by atomic mass is 32.1. The molecule has 21 heavy (non-hydrogen) atoms. The molecule has 0 aliphatic carbocycles. The second-order valence-electron chi connectivity index (χ2n) is 6.95.